The quantitative estimate of drug-likeness (QED) is 0.405. The van der Waals surface area contributed by atoms with Gasteiger partial charge >= 0.3 is 0 Å². The fourth-order valence-electron chi connectivity index (χ4n) is 4.27. The van der Waals surface area contributed by atoms with Crippen LogP contribution in [0.25, 0.3) is 5.69 Å². The number of aliphatic hydroxyl groups excluding tert-OH is 1. The highest BCUT2D eigenvalue weighted by Gasteiger charge is 2.33. The van der Waals surface area contributed by atoms with Crippen LogP contribution in [0.3, 0.4) is 0 Å². The van der Waals surface area contributed by atoms with Crippen LogP contribution in [0.2, 0.25) is 0 Å². The third kappa shape index (κ3) is 3.90. The molecule has 1 N–H and O–H groups in total. The average Bonchev–Trinajstić information content (AvgIpc) is 3.17. The molecule has 0 atom stereocenters. The van der Waals surface area contributed by atoms with Gasteiger partial charge in [-0.15, -0.1) is 10.2 Å². The predicted octanol–water partition coefficient (Wildman–Crippen LogP) is 1.80. The van der Waals surface area contributed by atoms with Crippen LogP contribution in [0.4, 0.5) is 11.6 Å². The van der Waals surface area contributed by atoms with Crippen molar-refractivity contribution in [2.75, 3.05) is 44.2 Å². The zero-order valence-electron chi connectivity index (χ0n) is 17.6. The Morgan fingerprint density at radius 2 is 1.94 bits per heavy atom. The smallest absolute Gasteiger partial charge is 0.295 e. The first-order valence-electron chi connectivity index (χ1n) is 10.5. The maximum atomic E-state index is 12.1. The van der Waals surface area contributed by atoms with E-state index in [2.05, 4.69) is 40.9 Å². The van der Waals surface area contributed by atoms with Crippen LogP contribution in [-0.4, -0.2) is 79.7 Å². The lowest BCUT2D eigenvalue weighted by atomic mass is 10.0. The molecule has 0 radical (unpaired) electrons. The van der Waals surface area contributed by atoms with Gasteiger partial charge in [0.25, 0.3) is 5.69 Å². The molecule has 2 aliphatic rings. The lowest BCUT2D eigenvalue weighted by molar-refractivity contribution is -0.385. The number of hydrogen-bond donors (Lipinski definition) is 1. The molecule has 12 heteroatoms. The molecule has 0 saturated carbocycles. The van der Waals surface area contributed by atoms with Crippen LogP contribution in [0.1, 0.15) is 17.1 Å². The summed E-state index contributed by atoms with van der Waals surface area (Å²) in [5.74, 6) is 1.23. The molecule has 4 heterocycles. The summed E-state index contributed by atoms with van der Waals surface area (Å²) in [5, 5.41) is 30.2. The normalized spacial score (nSPS) is 16.1. The first-order valence-corrected chi connectivity index (χ1v) is 11.3. The van der Waals surface area contributed by atoms with Gasteiger partial charge in [-0.25, -0.2) is 0 Å². The van der Waals surface area contributed by atoms with Gasteiger partial charge in [-0.05, 0) is 40.2 Å². The van der Waals surface area contributed by atoms with Gasteiger partial charge in [-0.3, -0.25) is 29.6 Å². The average molecular weight is 513 g/mol. The number of aliphatic imine (C=N–C) groups is 1. The number of β-amino-alcohol motifs (C(OH)–C–C–N with tert-alkyl or cyclic N) is 1. The van der Waals surface area contributed by atoms with Gasteiger partial charge in [-0.1, -0.05) is 6.07 Å². The molecule has 170 valence electrons. The van der Waals surface area contributed by atoms with Crippen molar-refractivity contribution in [1.82, 2.24) is 24.6 Å². The molecule has 0 unspecified atom stereocenters. The Bertz CT molecular complexity index is 1220. The fourth-order valence-corrected chi connectivity index (χ4v) is 4.74. The van der Waals surface area contributed by atoms with Gasteiger partial charge in [0.05, 0.1) is 33.1 Å². The monoisotopic (exact) mass is 512 g/mol. The molecular weight excluding hydrogens is 492 g/mol. The van der Waals surface area contributed by atoms with Crippen molar-refractivity contribution < 1.29 is 10.0 Å². The summed E-state index contributed by atoms with van der Waals surface area (Å²) >= 11 is 3.35. The highest BCUT2D eigenvalue weighted by molar-refractivity contribution is 9.10. The molecule has 11 nitrogen and oxygen atoms in total. The topological polar surface area (TPSA) is 126 Å². The van der Waals surface area contributed by atoms with Gasteiger partial charge in [0.15, 0.2) is 5.82 Å². The number of rotatable bonds is 5. The number of nitro groups is 1. The van der Waals surface area contributed by atoms with Gasteiger partial charge in [0.1, 0.15) is 12.1 Å². The van der Waals surface area contributed by atoms with E-state index >= 15 is 0 Å². The second-order valence-corrected chi connectivity index (χ2v) is 8.59. The van der Waals surface area contributed by atoms with Crippen molar-refractivity contribution in [2.24, 2.45) is 4.99 Å². The minimum atomic E-state index is -0.399. The lowest BCUT2D eigenvalue weighted by Crippen LogP contribution is -2.48. The third-order valence-corrected chi connectivity index (χ3v) is 6.48. The zero-order chi connectivity index (χ0) is 22.9. The number of hydrogen-bond acceptors (Lipinski definition) is 9. The maximum absolute atomic E-state index is 12.1. The van der Waals surface area contributed by atoms with Crippen molar-refractivity contribution in [2.45, 2.75) is 6.54 Å². The molecule has 33 heavy (non-hydrogen) atoms. The number of piperazine rings is 1. The molecule has 1 saturated heterocycles. The van der Waals surface area contributed by atoms with Crippen LogP contribution < -0.4 is 4.90 Å². The number of pyridine rings is 1. The summed E-state index contributed by atoms with van der Waals surface area (Å²) in [6.45, 7) is 3.96. The summed E-state index contributed by atoms with van der Waals surface area (Å²) in [4.78, 5) is 25.2. The molecule has 0 amide bonds. The maximum Gasteiger partial charge on any atom is 0.295 e. The van der Waals surface area contributed by atoms with Gasteiger partial charge < -0.3 is 10.0 Å². The Morgan fingerprint density at radius 3 is 2.64 bits per heavy atom. The number of aliphatic hydroxyl groups is 1. The Hall–Kier alpha value is -3.22. The first-order chi connectivity index (χ1) is 16.1. The number of anilines is 1. The second-order valence-electron chi connectivity index (χ2n) is 7.73. The minimum absolute atomic E-state index is 0.0721. The highest BCUT2D eigenvalue weighted by Crippen LogP contribution is 2.38. The minimum Gasteiger partial charge on any atom is -0.395 e. The molecule has 1 fully saturated rings. The summed E-state index contributed by atoms with van der Waals surface area (Å²) < 4.78 is 2.24. The van der Waals surface area contributed by atoms with Crippen LogP contribution in [-0.2, 0) is 6.54 Å². The Balaban J connectivity index is 1.66. The number of halogens is 1. The highest BCUT2D eigenvalue weighted by atomic mass is 79.9. The Labute approximate surface area is 197 Å². The molecule has 1 aromatic carbocycles. The first kappa shape index (κ1) is 21.6. The van der Waals surface area contributed by atoms with Crippen molar-refractivity contribution >= 4 is 33.3 Å². The van der Waals surface area contributed by atoms with Crippen molar-refractivity contribution in [3.05, 3.63) is 68.2 Å². The summed E-state index contributed by atoms with van der Waals surface area (Å²) in [6, 6.07) is 8.91. The lowest BCUT2D eigenvalue weighted by Gasteiger charge is -2.34. The molecule has 0 aliphatic carbocycles. The SMILES string of the molecule is O=[N+]([O-])c1c(Br)ccc2c1C(c1ccccn1)=NCc1nnc(N3CCN(CCO)CC3)n1-2. The van der Waals surface area contributed by atoms with Gasteiger partial charge in [0, 0.05) is 38.9 Å². The van der Waals surface area contributed by atoms with E-state index < -0.39 is 4.92 Å². The van der Waals surface area contributed by atoms with E-state index in [0.717, 1.165) is 13.1 Å². The van der Waals surface area contributed by atoms with E-state index in [1.165, 1.54) is 0 Å². The molecule has 0 spiro atoms. The Kier molecular flexibility index (Phi) is 5.87. The predicted molar refractivity (Wildman–Crippen MR) is 125 cm³/mol. The molecule has 3 aromatic rings. The van der Waals surface area contributed by atoms with Gasteiger partial charge in [-0.2, -0.15) is 0 Å². The number of fused-ring (bicyclic) bond motifs is 3. The zero-order valence-corrected chi connectivity index (χ0v) is 19.2. The van der Waals surface area contributed by atoms with Crippen molar-refractivity contribution in [1.29, 1.82) is 0 Å². The van der Waals surface area contributed by atoms with Crippen LogP contribution in [0.15, 0.2) is 46.0 Å². The molecule has 2 aromatic heterocycles. The third-order valence-electron chi connectivity index (χ3n) is 5.84. The van der Waals surface area contributed by atoms with E-state index in [1.54, 1.807) is 24.4 Å². The van der Waals surface area contributed by atoms with E-state index in [-0.39, 0.29) is 18.8 Å². The largest absolute Gasteiger partial charge is 0.395 e. The molecular formula is C21H21BrN8O3. The second kappa shape index (κ2) is 8.96. The van der Waals surface area contributed by atoms with Crippen LogP contribution in [0.5, 0.6) is 0 Å². The number of nitrogens with zero attached hydrogens (tertiary/aromatic N) is 8. The fraction of sp³-hybridized carbons (Fsp3) is 0.333. The summed E-state index contributed by atoms with van der Waals surface area (Å²) in [5.41, 5.74) is 1.91. The van der Waals surface area contributed by atoms with E-state index in [9.17, 15) is 15.2 Å². The van der Waals surface area contributed by atoms with E-state index in [1.807, 2.05) is 16.7 Å². The molecule has 2 aliphatic heterocycles. The number of aromatic nitrogens is 4. The number of benzene rings is 1. The standard InChI is InChI=1S/C21H21BrN8O3/c22-14-4-5-16-18(20(14)30(32)33)19(15-3-1-2-6-23-15)24-13-17-25-26-21(29(16)17)28-9-7-27(8-10-28)11-12-31/h1-6,31H,7-13H2. The number of nitro benzene ring substituents is 1. The van der Waals surface area contributed by atoms with E-state index in [0.29, 0.717) is 58.5 Å². The summed E-state index contributed by atoms with van der Waals surface area (Å²) in [7, 11) is 0. The van der Waals surface area contributed by atoms with Crippen molar-refractivity contribution in [3.8, 4) is 5.69 Å². The van der Waals surface area contributed by atoms with Crippen molar-refractivity contribution in [3.63, 3.8) is 0 Å². The van der Waals surface area contributed by atoms with Crippen LogP contribution >= 0.6 is 15.9 Å². The van der Waals surface area contributed by atoms with Gasteiger partial charge in [0.2, 0.25) is 5.95 Å². The molecule has 5 rings (SSSR count). The van der Waals surface area contributed by atoms with E-state index in [4.69, 9.17) is 4.99 Å². The van der Waals surface area contributed by atoms with Crippen LogP contribution in [0, 0.1) is 10.1 Å². The summed E-state index contributed by atoms with van der Waals surface area (Å²) in [6.07, 6.45) is 1.64. The Morgan fingerprint density at radius 1 is 1.12 bits per heavy atom. The molecule has 0 bridgehead atoms.